The lowest BCUT2D eigenvalue weighted by atomic mass is 9.85. The van der Waals surface area contributed by atoms with E-state index in [1.54, 1.807) is 25.7 Å². The number of carbonyl (C=O) groups is 7. The van der Waals surface area contributed by atoms with Gasteiger partial charge in [-0.25, -0.2) is 38.6 Å². The largest absolute Gasteiger partial charge is 0.444 e. The highest BCUT2D eigenvalue weighted by molar-refractivity contribution is 7.81. The third-order valence-corrected chi connectivity index (χ3v) is 26.3. The van der Waals surface area contributed by atoms with Gasteiger partial charge in [-0.05, 0) is 206 Å². The van der Waals surface area contributed by atoms with Crippen LogP contribution in [-0.4, -0.2) is 291 Å². The van der Waals surface area contributed by atoms with Gasteiger partial charge in [-0.3, -0.25) is 23.3 Å². The summed E-state index contributed by atoms with van der Waals surface area (Å²) in [4.78, 5) is 91.6. The summed E-state index contributed by atoms with van der Waals surface area (Å²) in [6.45, 7) is 24.1. The molecule has 12 fully saturated rings. The molecule has 742 valence electrons. The van der Waals surface area contributed by atoms with Gasteiger partial charge in [-0.2, -0.15) is 40.4 Å². The van der Waals surface area contributed by atoms with Crippen LogP contribution >= 0.6 is 0 Å². The first-order valence-electron chi connectivity index (χ1n) is 44.5. The molecule has 4 spiro atoms. The predicted molar refractivity (Wildman–Crippen MR) is 451 cm³/mol. The molecule has 0 aromatic carbocycles. The Bertz CT molecular complexity index is 4910. The lowest BCUT2D eigenvalue weighted by Gasteiger charge is -2.34. The van der Waals surface area contributed by atoms with E-state index in [1.165, 1.54) is 14.7 Å². The van der Waals surface area contributed by atoms with E-state index in [1.807, 2.05) is 55.4 Å². The number of aliphatic hydroxyl groups excluding tert-OH is 2. The smallest absolute Gasteiger partial charge is 0.418 e. The Morgan fingerprint density at radius 2 is 0.735 bits per heavy atom. The quantitative estimate of drug-likeness (QED) is 0.00923. The number of alkyl carbamates (subject to hydrolysis) is 3. The Balaban J connectivity index is 0.000000169. The van der Waals surface area contributed by atoms with Gasteiger partial charge in [-0.15, -0.1) is 53.6 Å². The van der Waals surface area contributed by atoms with Crippen LogP contribution in [0.4, 0.5) is 38.0 Å². The zero-order chi connectivity index (χ0) is 96.4. The molecular formula is C78H126FN21O29S3. The maximum atomic E-state index is 12.9. The zero-order valence-electron chi connectivity index (χ0n) is 76.0. The van der Waals surface area contributed by atoms with E-state index < -0.39 is 140 Å². The molecule has 8 saturated heterocycles. The summed E-state index contributed by atoms with van der Waals surface area (Å²) in [5.41, 5.74) is 2.79. The van der Waals surface area contributed by atoms with Gasteiger partial charge >= 0.3 is 73.6 Å². The number of urea groups is 4. The molecular weight excluding hydrogens is 1810 g/mol. The van der Waals surface area contributed by atoms with E-state index in [0.717, 1.165) is 117 Å². The molecule has 12 atom stereocenters. The van der Waals surface area contributed by atoms with Crippen LogP contribution in [0.5, 0.6) is 0 Å². The Kier molecular flexibility index (Phi) is 31.4. The van der Waals surface area contributed by atoms with Gasteiger partial charge in [0.1, 0.15) is 53.2 Å². The highest BCUT2D eigenvalue weighted by Gasteiger charge is 2.69. The summed E-state index contributed by atoms with van der Waals surface area (Å²) < 4.78 is 162. The van der Waals surface area contributed by atoms with Crippen LogP contribution < -0.4 is 27.0 Å². The number of alkyl halides is 1. The number of rotatable bonds is 33. The third-order valence-electron chi connectivity index (χ3n) is 25.3. The molecule has 0 radical (unpaired) electrons. The molecule has 4 saturated carbocycles. The summed E-state index contributed by atoms with van der Waals surface area (Å²) in [5, 5.41) is 77.6. The van der Waals surface area contributed by atoms with E-state index in [-0.39, 0.29) is 109 Å². The molecule has 4 aromatic heterocycles. The number of unbranched alkanes of at least 4 members (excludes halogenated alkanes) is 3. The summed E-state index contributed by atoms with van der Waals surface area (Å²) in [6.07, 6.45) is 12.1. The number of ether oxygens (including phenoxy) is 3. The van der Waals surface area contributed by atoms with Crippen LogP contribution in [0, 0.1) is 21.7 Å². The van der Waals surface area contributed by atoms with E-state index in [9.17, 15) is 78.6 Å². The summed E-state index contributed by atoms with van der Waals surface area (Å²) in [5.74, 6) is 2.22. The Morgan fingerprint density at radius 1 is 0.462 bits per heavy atom. The van der Waals surface area contributed by atoms with Crippen molar-refractivity contribution < 1.29 is 138 Å². The van der Waals surface area contributed by atoms with E-state index in [2.05, 4.69) is 74.9 Å². The first-order valence-corrected chi connectivity index (χ1v) is 47.9. The Labute approximate surface area is 765 Å². The van der Waals surface area contributed by atoms with Crippen molar-refractivity contribution in [1.29, 1.82) is 0 Å². The minimum atomic E-state index is -4.85. The highest BCUT2D eigenvalue weighted by Crippen LogP contribution is 2.66. The molecule has 4 aliphatic carbocycles. The number of aliphatic hydroxyl groups is 2. The molecule has 12 aliphatic rings. The van der Waals surface area contributed by atoms with Crippen molar-refractivity contribution in [1.82, 2.24) is 102 Å². The number of halogens is 1. The second-order valence-electron chi connectivity index (χ2n) is 38.5. The number of hydrogen-bond donors (Lipinski definition) is 11. The van der Waals surface area contributed by atoms with Crippen LogP contribution in [0.2, 0.25) is 0 Å². The van der Waals surface area contributed by atoms with Crippen LogP contribution in [0.15, 0.2) is 17.7 Å². The highest BCUT2D eigenvalue weighted by atomic mass is 32.3. The van der Waals surface area contributed by atoms with Crippen LogP contribution in [0.1, 0.15) is 315 Å². The van der Waals surface area contributed by atoms with Gasteiger partial charge in [0.05, 0.1) is 32.7 Å². The van der Waals surface area contributed by atoms with Crippen LogP contribution in [-0.2, 0) is 58.3 Å². The van der Waals surface area contributed by atoms with Crippen LogP contribution in [0.3, 0.4) is 0 Å². The molecule has 12 N–H and O–H groups in total. The number of piperidine rings is 4. The minimum Gasteiger partial charge on any atom is -0.444 e. The van der Waals surface area contributed by atoms with Crippen molar-refractivity contribution in [3.63, 3.8) is 0 Å². The van der Waals surface area contributed by atoms with Crippen molar-refractivity contribution in [3.05, 3.63) is 47.1 Å². The average molecular weight is 1940 g/mol. The fourth-order valence-electron chi connectivity index (χ4n) is 18.1. The standard InChI is InChI=1S/C21H33N5O8S.C21H33N5O5.C20H31N5O9S.C14H22N6O7S.CH3F.CH4/c1-13(7-5-6-10-22-18(27)33-20(2,3)4)16-23-24-17(32-16)14-11-21(8-9-21)15-12-25(14)19(28)26(15)34-35(29,30)31;1-13(7-5-6-10-22-18(27)31-20(2,3)4)16-23-24-17(30-16)14-11-21(8-9-21)15-12-25(14)19(28)26(15)29;1-19(2,3)33-17(27)21-9-5-4-6-13(26)16-23-22-15(32-16)12-10-20(7-8-20)14-11-24(12)18(28)25(14)34-35(29,30)31;15-3-4-16-6-9(21)12-18-17-11(26-12)8-5-14(1-2-14)10-7-19(8)13(22)20(10)27-28(23,24)25;1-2;/h13-15H,5-12H2,1-4H3,(H,22,27)(H,29,30,31);13-15,29H,5-12H2,1-4H3,(H,22,27);12-14,26H,4-11H2,1-3H3,(H,21,27)(H,29,30,31);8-10,16,21H,1-7,15H2,(H,23,24,25);1H3;1H4/t2*13-,14-,15-;12-,13-,14-;8-,9-,10-;;/m0000../s1/i;;;;1D;. The first kappa shape index (κ1) is 102. The average Bonchev–Trinajstić information content (AvgIpc) is 1.56. The molecule has 132 heavy (non-hydrogen) atoms. The summed E-state index contributed by atoms with van der Waals surface area (Å²) in [6, 6.07) is -5.89. The Hall–Kier alpha value is -9.21. The van der Waals surface area contributed by atoms with Crippen LogP contribution in [0.25, 0.3) is 0 Å². The molecule has 54 heteroatoms. The Morgan fingerprint density at radius 3 is 1.03 bits per heavy atom. The summed E-state index contributed by atoms with van der Waals surface area (Å²) in [7, 11) is -15.5. The molecule has 16 rings (SSSR count). The number of hydrogen-bond acceptors (Lipinski definition) is 36. The number of nitrogens with one attached hydrogen (secondary N) is 4. The zero-order valence-corrected chi connectivity index (χ0v) is 77.4. The van der Waals surface area contributed by atoms with E-state index in [4.69, 9.17) is 52.6 Å². The van der Waals surface area contributed by atoms with Gasteiger partial charge in [-0.1, -0.05) is 34.1 Å². The number of aromatic nitrogens is 8. The molecule has 50 nitrogen and oxygen atoms in total. The number of hydroxylamine groups is 8. The number of nitrogens with two attached hydrogens (primary N) is 1. The SMILES string of the molecule is C.CC(C)(C)OC(=O)NCCCC[C@H](O)c1nnc([C@@H]2CC3(CC3)[C@@H]3CN2C(=O)N3OS(=O)(=O)O)o1.C[C@@H](CCCCNC(=O)OC(C)(C)C)c1nnc([C@@H]2CC3(CC3)[C@@H]3CN2C(=O)N3O)o1.C[C@@H](CCCCNC(=O)OC(C)(C)C)c1nnc([C@@H]2CC3(CC3)[C@@H]3CN2C(=O)N3OS(=O)(=O)O)o1.NCCNC[C@H](O)c1nnc([C@@H]2CC3(CC3)[C@@H]3CN2C(=O)N3OS(=O)(=O)O)o1.[2H]CF. The maximum Gasteiger partial charge on any atom is 0.418 e. The van der Waals surface area contributed by atoms with Gasteiger partial charge in [0, 0.05) is 77.3 Å². The van der Waals surface area contributed by atoms with Crippen molar-refractivity contribution in [2.45, 2.75) is 308 Å². The van der Waals surface area contributed by atoms with Gasteiger partial charge in [0.2, 0.25) is 47.1 Å². The lowest BCUT2D eigenvalue weighted by Crippen LogP contribution is -2.43. The maximum absolute atomic E-state index is 12.9. The van der Waals surface area contributed by atoms with Gasteiger partial charge in [0.25, 0.3) is 0 Å². The monoisotopic (exact) mass is 1940 g/mol. The van der Waals surface area contributed by atoms with E-state index in [0.29, 0.717) is 101 Å². The molecule has 4 aromatic rings. The molecule has 0 unspecified atom stereocenters. The normalized spacial score (nSPS) is 24.5. The van der Waals surface area contributed by atoms with Crippen molar-refractivity contribution in [3.8, 4) is 0 Å². The second-order valence-corrected chi connectivity index (χ2v) is 41.5. The van der Waals surface area contributed by atoms with E-state index >= 15 is 0 Å². The fourth-order valence-corrected chi connectivity index (χ4v) is 19.2. The van der Waals surface area contributed by atoms with Crippen molar-refractivity contribution in [2.75, 3.05) is 72.6 Å². The molecule has 8 bridgehead atoms. The predicted octanol–water partition coefficient (Wildman–Crippen LogP) is 8.32. The van der Waals surface area contributed by atoms with Crippen molar-refractivity contribution >= 4 is 73.6 Å². The molecule has 11 amide bonds. The van der Waals surface area contributed by atoms with Gasteiger partial charge in [0.15, 0.2) is 0 Å². The first-order chi connectivity index (χ1) is 61.8. The lowest BCUT2D eigenvalue weighted by molar-refractivity contribution is -0.0783. The fraction of sp³-hybridized carbons (Fsp3) is 0.808. The summed E-state index contributed by atoms with van der Waals surface area (Å²) >= 11 is 0. The number of fused-ring (bicyclic) bond motifs is 12. The third kappa shape index (κ3) is 25.3. The second kappa shape index (κ2) is 40.8. The number of nitrogens with zero attached hydrogens (tertiary/aromatic N) is 16. The molecule has 8 aliphatic heterocycles. The number of carbonyl (C=O) groups excluding carboxylic acids is 7. The van der Waals surface area contributed by atoms with Crippen molar-refractivity contribution in [2.24, 2.45) is 27.4 Å². The minimum absolute atomic E-state index is 0. The molecule has 12 heterocycles. The van der Waals surface area contributed by atoms with Gasteiger partial charge < -0.3 is 88.7 Å². The topological polar surface area (TPSA) is 654 Å². The number of amides is 11.